The molecule has 3 rings (SSSR count). The molecule has 16 heteroatoms. The predicted octanol–water partition coefficient (Wildman–Crippen LogP) is 4.65. The molecule has 0 bridgehead atoms. The van der Waals surface area contributed by atoms with Crippen LogP contribution in [0.4, 0.5) is 17.1 Å². The molecule has 0 aliphatic heterocycles. The van der Waals surface area contributed by atoms with E-state index in [-0.39, 0.29) is 27.0 Å². The Hall–Kier alpha value is -2.51. The van der Waals surface area contributed by atoms with E-state index in [1.165, 1.54) is 24.3 Å². The second kappa shape index (κ2) is 10.4. The minimum atomic E-state index is -4.86. The fraction of sp³-hybridized carbons (Fsp3) is 0. The first kappa shape index (κ1) is 24.1. The molecule has 0 unspecified atom stereocenters. The van der Waals surface area contributed by atoms with Gasteiger partial charge in [0, 0.05) is 16.0 Å². The van der Waals surface area contributed by atoms with Crippen LogP contribution < -0.4 is 5.73 Å². The molecule has 13 nitrogen and oxygen atoms in total. The molecule has 0 aromatic heterocycles. The number of nitrogens with zero attached hydrogens (tertiary/aromatic N) is 2. The van der Waals surface area contributed by atoms with E-state index in [2.05, 4.69) is 29.0 Å². The van der Waals surface area contributed by atoms with Crippen molar-refractivity contribution in [3.63, 3.8) is 0 Å². The van der Waals surface area contributed by atoms with Gasteiger partial charge >= 0.3 is 0 Å². The van der Waals surface area contributed by atoms with Gasteiger partial charge in [-0.3, -0.25) is 4.55 Å². The van der Waals surface area contributed by atoms with Crippen LogP contribution >= 0.6 is 24.1 Å². The molecule has 0 saturated carbocycles. The number of hydrogen-bond donors (Lipinski definition) is 5. The van der Waals surface area contributed by atoms with Gasteiger partial charge in [-0.15, -0.1) is 18.9 Å². The lowest BCUT2D eigenvalue weighted by atomic mass is 10.1. The lowest BCUT2D eigenvalue weighted by Gasteiger charge is -2.12. The van der Waals surface area contributed by atoms with Gasteiger partial charge in [-0.1, -0.05) is 22.2 Å². The first-order valence-electron chi connectivity index (χ1n) is 8.13. The Bertz CT molecular complexity index is 1270. The lowest BCUT2D eigenvalue weighted by Crippen LogP contribution is -2.00. The van der Waals surface area contributed by atoms with Crippen molar-refractivity contribution in [2.24, 2.45) is 10.2 Å². The average Bonchev–Trinajstić information content (AvgIpc) is 2.75. The van der Waals surface area contributed by atoms with E-state index in [9.17, 15) is 18.1 Å². The Labute approximate surface area is 188 Å². The second-order valence-electron chi connectivity index (χ2n) is 5.78. The quantitative estimate of drug-likeness (QED) is 0.0674. The van der Waals surface area contributed by atoms with Gasteiger partial charge < -0.3 is 10.8 Å². The number of phenolic OH excluding ortho intramolecular Hbond substituents is 1. The molecular formula is C16H13N3O10S3. The number of aromatic hydroxyl groups is 1. The molecule has 170 valence electrons. The maximum atomic E-state index is 12.0. The monoisotopic (exact) mass is 503 g/mol. The van der Waals surface area contributed by atoms with Crippen molar-refractivity contribution in [1.82, 2.24) is 0 Å². The number of nitrogen functional groups attached to an aromatic ring is 1. The summed E-state index contributed by atoms with van der Waals surface area (Å²) in [4.78, 5) is -0.130. The number of anilines is 1. The van der Waals surface area contributed by atoms with Gasteiger partial charge in [0.25, 0.3) is 10.1 Å². The zero-order valence-corrected chi connectivity index (χ0v) is 17.9. The first-order chi connectivity index (χ1) is 15.3. The molecule has 0 fully saturated rings. The van der Waals surface area contributed by atoms with Gasteiger partial charge in [0.05, 0.1) is 29.0 Å². The Kier molecular flexibility index (Phi) is 7.85. The summed E-state index contributed by atoms with van der Waals surface area (Å²) in [5.74, 6) is -0.660. The van der Waals surface area contributed by atoms with Gasteiger partial charge in [-0.25, -0.2) is 10.5 Å². The number of phenols is 1. The Balaban J connectivity index is 2.17. The Morgan fingerprint density at radius 3 is 2.34 bits per heavy atom. The van der Waals surface area contributed by atoms with Crippen LogP contribution in [0.3, 0.4) is 0 Å². The molecular weight excluding hydrogens is 490 g/mol. The summed E-state index contributed by atoms with van der Waals surface area (Å²) in [5, 5.41) is 42.2. The maximum Gasteiger partial charge on any atom is 0.296 e. The SMILES string of the molecule is Nc1cc(SOOO)cc2cc(S(=O)(=O)O)c(N=Nc3ccccc3SOOO)c(O)c12. The highest BCUT2D eigenvalue weighted by Gasteiger charge is 2.23. The summed E-state index contributed by atoms with van der Waals surface area (Å²) >= 11 is 1.15. The molecule has 6 N–H and O–H groups in total. The van der Waals surface area contributed by atoms with Crippen LogP contribution in [0.5, 0.6) is 5.75 Å². The molecule has 0 amide bonds. The van der Waals surface area contributed by atoms with Crippen molar-refractivity contribution in [3.8, 4) is 5.75 Å². The summed E-state index contributed by atoms with van der Waals surface area (Å²) in [7, 11) is -4.86. The number of fused-ring (bicyclic) bond motifs is 1. The Morgan fingerprint density at radius 1 is 0.969 bits per heavy atom. The number of azo groups is 1. The number of rotatable bonds is 9. The van der Waals surface area contributed by atoms with Crippen LogP contribution in [0.15, 0.2) is 67.4 Å². The molecule has 3 aromatic carbocycles. The van der Waals surface area contributed by atoms with E-state index >= 15 is 0 Å². The Morgan fingerprint density at radius 2 is 1.66 bits per heavy atom. The fourth-order valence-corrected chi connectivity index (χ4v) is 4.20. The minimum Gasteiger partial charge on any atom is -0.505 e. The van der Waals surface area contributed by atoms with Crippen molar-refractivity contribution < 1.29 is 47.3 Å². The van der Waals surface area contributed by atoms with Crippen molar-refractivity contribution in [2.75, 3.05) is 5.73 Å². The largest absolute Gasteiger partial charge is 0.505 e. The molecule has 32 heavy (non-hydrogen) atoms. The molecule has 0 saturated heterocycles. The van der Waals surface area contributed by atoms with E-state index < -0.39 is 26.5 Å². The van der Waals surface area contributed by atoms with Gasteiger partial charge in [0.15, 0.2) is 5.75 Å². The smallest absolute Gasteiger partial charge is 0.296 e. The van der Waals surface area contributed by atoms with Crippen LogP contribution in [-0.2, 0) is 28.9 Å². The highest BCUT2D eigenvalue weighted by Crippen LogP contribution is 2.45. The fourth-order valence-electron chi connectivity index (χ4n) is 2.65. The molecule has 0 aliphatic carbocycles. The van der Waals surface area contributed by atoms with E-state index in [0.717, 1.165) is 6.07 Å². The highest BCUT2D eigenvalue weighted by atomic mass is 32.2. The van der Waals surface area contributed by atoms with Crippen molar-refractivity contribution in [1.29, 1.82) is 0 Å². The molecule has 0 atom stereocenters. The molecule has 0 radical (unpaired) electrons. The molecule has 0 heterocycles. The first-order valence-corrected chi connectivity index (χ1v) is 11.1. The summed E-state index contributed by atoms with van der Waals surface area (Å²) in [6.45, 7) is 0. The summed E-state index contributed by atoms with van der Waals surface area (Å²) in [5.41, 5.74) is 5.57. The molecule has 0 spiro atoms. The number of benzene rings is 3. The van der Waals surface area contributed by atoms with Gasteiger partial charge in [-0.05, 0) is 35.7 Å². The molecule has 0 aliphatic rings. The maximum absolute atomic E-state index is 12.0. The number of hydrogen-bond acceptors (Lipinski definition) is 14. The van der Waals surface area contributed by atoms with E-state index in [1.54, 1.807) is 12.1 Å². The van der Waals surface area contributed by atoms with Gasteiger partial charge in [0.1, 0.15) is 16.3 Å². The highest BCUT2D eigenvalue weighted by molar-refractivity contribution is 7.94. The second-order valence-corrected chi connectivity index (χ2v) is 8.68. The minimum absolute atomic E-state index is 0.00632. The zero-order chi connectivity index (χ0) is 23.3. The third kappa shape index (κ3) is 5.45. The lowest BCUT2D eigenvalue weighted by molar-refractivity contribution is -0.432. The summed E-state index contributed by atoms with van der Waals surface area (Å²) < 4.78 is 42.3. The van der Waals surface area contributed by atoms with Crippen LogP contribution in [0.1, 0.15) is 0 Å². The van der Waals surface area contributed by atoms with Crippen molar-refractivity contribution in [3.05, 3.63) is 42.5 Å². The van der Waals surface area contributed by atoms with E-state index in [1.807, 2.05) is 0 Å². The van der Waals surface area contributed by atoms with Crippen LogP contribution in [0, 0.1) is 0 Å². The normalized spacial score (nSPS) is 12.1. The average molecular weight is 503 g/mol. The summed E-state index contributed by atoms with van der Waals surface area (Å²) in [6, 6.07) is 10.00. The predicted molar refractivity (Wildman–Crippen MR) is 112 cm³/mol. The molecule has 3 aromatic rings. The van der Waals surface area contributed by atoms with Gasteiger partial charge in [-0.2, -0.15) is 8.42 Å². The summed E-state index contributed by atoms with van der Waals surface area (Å²) in [6.07, 6.45) is 0. The van der Waals surface area contributed by atoms with E-state index in [4.69, 9.17) is 16.2 Å². The number of nitrogens with two attached hydrogens (primary N) is 1. The third-order valence-corrected chi connectivity index (χ3v) is 5.95. The van der Waals surface area contributed by atoms with Crippen LogP contribution in [0.2, 0.25) is 0 Å². The standard InChI is InChI=1S/C16H13N3O10S3/c17-10-7-9(30-28-26-21)5-8-6-13(32(23,24)25)15(16(20)14(8)10)19-18-11-3-1-2-4-12(11)31-29-27-22/h1-7,20-22H,17H2,(H,23,24,25). The van der Waals surface area contributed by atoms with Gasteiger partial charge in [0.2, 0.25) is 0 Å². The van der Waals surface area contributed by atoms with Crippen LogP contribution in [-0.4, -0.2) is 28.6 Å². The van der Waals surface area contributed by atoms with E-state index in [0.29, 0.717) is 29.0 Å². The topological polar surface area (TPSA) is 203 Å². The zero-order valence-electron chi connectivity index (χ0n) is 15.5. The van der Waals surface area contributed by atoms with Crippen molar-refractivity contribution >= 4 is 62.0 Å². The van der Waals surface area contributed by atoms with Crippen LogP contribution in [0.25, 0.3) is 10.8 Å². The third-order valence-electron chi connectivity index (χ3n) is 3.87. The van der Waals surface area contributed by atoms with Crippen molar-refractivity contribution in [2.45, 2.75) is 14.7 Å².